The van der Waals surface area contributed by atoms with Crippen LogP contribution in [-0.4, -0.2) is 42.9 Å². The van der Waals surface area contributed by atoms with Gasteiger partial charge in [-0.2, -0.15) is 0 Å². The summed E-state index contributed by atoms with van der Waals surface area (Å²) in [5, 5.41) is 9.01. The van der Waals surface area contributed by atoms with E-state index in [-0.39, 0.29) is 6.61 Å². The average molecular weight is 316 g/mol. The molecule has 100 valence electrons. The van der Waals surface area contributed by atoms with E-state index in [0.717, 1.165) is 34.6 Å². The molecule has 0 fully saturated rings. The lowest BCUT2D eigenvalue weighted by molar-refractivity contribution is 0.170. The summed E-state index contributed by atoms with van der Waals surface area (Å²) in [6.45, 7) is 5.83. The lowest BCUT2D eigenvalue weighted by Gasteiger charge is -2.23. The third-order valence-electron chi connectivity index (χ3n) is 2.97. The molecule has 2 rings (SSSR count). The summed E-state index contributed by atoms with van der Waals surface area (Å²) in [6, 6.07) is 3.97. The smallest absolute Gasteiger partial charge is 0.162 e. The number of nitrogens with zero attached hydrogens (tertiary/aromatic N) is 1. The minimum Gasteiger partial charge on any atom is -0.486 e. The van der Waals surface area contributed by atoms with E-state index in [2.05, 4.69) is 27.8 Å². The maximum absolute atomic E-state index is 9.01. The molecule has 5 heteroatoms. The van der Waals surface area contributed by atoms with E-state index in [1.165, 1.54) is 0 Å². The summed E-state index contributed by atoms with van der Waals surface area (Å²) in [6.07, 6.45) is 0. The van der Waals surface area contributed by atoms with Gasteiger partial charge in [0.15, 0.2) is 11.5 Å². The minimum atomic E-state index is 0.177. The van der Waals surface area contributed by atoms with Crippen LogP contribution in [0.1, 0.15) is 12.5 Å². The van der Waals surface area contributed by atoms with Crippen LogP contribution in [0.3, 0.4) is 0 Å². The highest BCUT2D eigenvalue weighted by atomic mass is 79.9. The Bertz CT molecular complexity index is 411. The number of hydrogen-bond acceptors (Lipinski definition) is 4. The summed E-state index contributed by atoms with van der Waals surface area (Å²) in [5.41, 5.74) is 1.15. The Morgan fingerprint density at radius 2 is 1.94 bits per heavy atom. The molecule has 1 aromatic carbocycles. The van der Waals surface area contributed by atoms with E-state index in [9.17, 15) is 0 Å². The van der Waals surface area contributed by atoms with Crippen LogP contribution in [0.4, 0.5) is 0 Å². The van der Waals surface area contributed by atoms with Gasteiger partial charge in [0.25, 0.3) is 0 Å². The molecule has 0 amide bonds. The van der Waals surface area contributed by atoms with Crippen molar-refractivity contribution in [3.63, 3.8) is 0 Å². The van der Waals surface area contributed by atoms with E-state index in [0.29, 0.717) is 19.8 Å². The van der Waals surface area contributed by atoms with Gasteiger partial charge in [-0.3, -0.25) is 4.90 Å². The van der Waals surface area contributed by atoms with Crippen molar-refractivity contribution in [2.75, 3.05) is 32.9 Å². The zero-order valence-corrected chi connectivity index (χ0v) is 12.1. The Balaban J connectivity index is 2.17. The maximum atomic E-state index is 9.01. The van der Waals surface area contributed by atoms with Crippen molar-refractivity contribution in [2.24, 2.45) is 0 Å². The fraction of sp³-hybridized carbons (Fsp3) is 0.538. The van der Waals surface area contributed by atoms with Gasteiger partial charge in [-0.1, -0.05) is 22.9 Å². The largest absolute Gasteiger partial charge is 0.486 e. The molecule has 1 aliphatic heterocycles. The predicted octanol–water partition coefficient (Wildman–Crippen LogP) is 2.03. The number of ether oxygens (including phenoxy) is 2. The summed E-state index contributed by atoms with van der Waals surface area (Å²) in [7, 11) is 0. The van der Waals surface area contributed by atoms with E-state index in [4.69, 9.17) is 14.6 Å². The number of hydrogen-bond donors (Lipinski definition) is 1. The molecule has 0 saturated carbocycles. The van der Waals surface area contributed by atoms with E-state index in [1.54, 1.807) is 0 Å². The van der Waals surface area contributed by atoms with Crippen molar-refractivity contribution < 1.29 is 14.6 Å². The summed E-state index contributed by atoms with van der Waals surface area (Å²) >= 11 is 3.56. The first-order valence-electron chi connectivity index (χ1n) is 6.15. The average Bonchev–Trinajstić information content (AvgIpc) is 2.39. The first-order chi connectivity index (χ1) is 8.74. The summed E-state index contributed by atoms with van der Waals surface area (Å²) in [5.74, 6) is 1.60. The molecule has 1 N–H and O–H groups in total. The van der Waals surface area contributed by atoms with E-state index < -0.39 is 0 Å². The molecule has 1 heterocycles. The van der Waals surface area contributed by atoms with Crippen LogP contribution in [0.2, 0.25) is 0 Å². The third-order valence-corrected chi connectivity index (χ3v) is 3.71. The molecule has 0 bridgehead atoms. The SMILES string of the molecule is CCN(CCO)Cc1cc2c(cc1Br)OCCO2. The molecule has 0 aliphatic carbocycles. The zero-order valence-electron chi connectivity index (χ0n) is 10.5. The second-order valence-corrected chi connectivity index (χ2v) is 5.03. The van der Waals surface area contributed by atoms with Gasteiger partial charge >= 0.3 is 0 Å². The fourth-order valence-corrected chi connectivity index (χ4v) is 2.41. The molecule has 1 aliphatic rings. The quantitative estimate of drug-likeness (QED) is 0.903. The van der Waals surface area contributed by atoms with Gasteiger partial charge in [-0.05, 0) is 24.2 Å². The van der Waals surface area contributed by atoms with E-state index in [1.807, 2.05) is 12.1 Å². The van der Waals surface area contributed by atoms with Crippen LogP contribution in [0, 0.1) is 0 Å². The zero-order chi connectivity index (χ0) is 13.0. The number of likely N-dealkylation sites (N-methyl/N-ethyl adjacent to an activating group) is 1. The maximum Gasteiger partial charge on any atom is 0.162 e. The molecule has 1 aromatic rings. The van der Waals surface area contributed by atoms with Gasteiger partial charge in [0.1, 0.15) is 13.2 Å². The van der Waals surface area contributed by atoms with Crippen LogP contribution in [0.5, 0.6) is 11.5 Å². The lowest BCUT2D eigenvalue weighted by Crippen LogP contribution is -2.26. The number of rotatable bonds is 5. The van der Waals surface area contributed by atoms with Gasteiger partial charge in [-0.15, -0.1) is 0 Å². The second-order valence-electron chi connectivity index (χ2n) is 4.18. The minimum absolute atomic E-state index is 0.177. The van der Waals surface area contributed by atoms with Crippen molar-refractivity contribution >= 4 is 15.9 Å². The predicted molar refractivity (Wildman–Crippen MR) is 73.2 cm³/mol. The molecule has 0 unspecified atom stereocenters. The molecule has 0 saturated heterocycles. The molecular weight excluding hydrogens is 298 g/mol. The second kappa shape index (κ2) is 6.41. The van der Waals surface area contributed by atoms with Crippen molar-refractivity contribution in [1.82, 2.24) is 4.90 Å². The molecule has 0 aromatic heterocycles. The highest BCUT2D eigenvalue weighted by molar-refractivity contribution is 9.10. The van der Waals surface area contributed by atoms with Crippen LogP contribution in [0.25, 0.3) is 0 Å². The van der Waals surface area contributed by atoms with Crippen molar-refractivity contribution in [1.29, 1.82) is 0 Å². The van der Waals surface area contributed by atoms with Crippen LogP contribution in [-0.2, 0) is 6.54 Å². The highest BCUT2D eigenvalue weighted by Gasteiger charge is 2.16. The summed E-state index contributed by atoms with van der Waals surface area (Å²) < 4.78 is 12.1. The molecular formula is C13H18BrNO3. The Morgan fingerprint density at radius 3 is 2.56 bits per heavy atom. The Kier molecular flexibility index (Phi) is 4.86. The lowest BCUT2D eigenvalue weighted by atomic mass is 10.1. The monoisotopic (exact) mass is 315 g/mol. The topological polar surface area (TPSA) is 41.9 Å². The van der Waals surface area contributed by atoms with Crippen molar-refractivity contribution in [3.8, 4) is 11.5 Å². The number of benzene rings is 1. The number of halogens is 1. The van der Waals surface area contributed by atoms with Crippen LogP contribution >= 0.6 is 15.9 Å². The Hall–Kier alpha value is -0.780. The van der Waals surface area contributed by atoms with Crippen molar-refractivity contribution in [2.45, 2.75) is 13.5 Å². The van der Waals surface area contributed by atoms with Gasteiger partial charge in [-0.25, -0.2) is 0 Å². The molecule has 4 nitrogen and oxygen atoms in total. The van der Waals surface area contributed by atoms with Crippen LogP contribution < -0.4 is 9.47 Å². The molecule has 18 heavy (non-hydrogen) atoms. The first kappa shape index (κ1) is 13.6. The molecule has 0 atom stereocenters. The number of fused-ring (bicyclic) bond motifs is 1. The van der Waals surface area contributed by atoms with Crippen LogP contribution in [0.15, 0.2) is 16.6 Å². The third kappa shape index (κ3) is 3.16. The summed E-state index contributed by atoms with van der Waals surface area (Å²) in [4.78, 5) is 2.18. The van der Waals surface area contributed by atoms with Crippen molar-refractivity contribution in [3.05, 3.63) is 22.2 Å². The molecule has 0 spiro atoms. The van der Waals surface area contributed by atoms with E-state index >= 15 is 0 Å². The number of aliphatic hydroxyl groups excluding tert-OH is 1. The van der Waals surface area contributed by atoms with Gasteiger partial charge in [0, 0.05) is 17.6 Å². The molecule has 0 radical (unpaired) electrons. The first-order valence-corrected chi connectivity index (χ1v) is 6.95. The standard InChI is InChI=1S/C13H18BrNO3/c1-2-15(3-4-16)9-10-7-12-13(8-11(10)14)18-6-5-17-12/h7-8,16H,2-6,9H2,1H3. The van der Waals surface area contributed by atoms with Gasteiger partial charge in [0.2, 0.25) is 0 Å². The Labute approximate surface area is 116 Å². The fourth-order valence-electron chi connectivity index (χ4n) is 1.96. The van der Waals surface area contributed by atoms with Gasteiger partial charge in [0.05, 0.1) is 6.61 Å². The number of aliphatic hydroxyl groups is 1. The van der Waals surface area contributed by atoms with Gasteiger partial charge < -0.3 is 14.6 Å². The normalized spacial score (nSPS) is 14.0. The highest BCUT2D eigenvalue weighted by Crippen LogP contribution is 2.35. The Morgan fingerprint density at radius 1 is 1.28 bits per heavy atom.